The number of likely N-dealkylation sites (tertiary alicyclic amines) is 1. The summed E-state index contributed by atoms with van der Waals surface area (Å²) >= 11 is 0. The topological polar surface area (TPSA) is 18.5 Å². The Morgan fingerprint density at radius 3 is 2.38 bits per heavy atom. The summed E-state index contributed by atoms with van der Waals surface area (Å²) in [5.41, 5.74) is 1.50. The van der Waals surface area contributed by atoms with Gasteiger partial charge in [-0.25, -0.2) is 0 Å². The molecule has 0 amide bonds. The van der Waals surface area contributed by atoms with Gasteiger partial charge < -0.3 is 10.2 Å². The molecule has 0 bridgehead atoms. The molecule has 1 aromatic carbocycles. The maximum Gasteiger partial charge on any atom is 0.0166 e. The zero-order chi connectivity index (χ0) is 14.5. The molecule has 1 N–H and O–H groups in total. The van der Waals surface area contributed by atoms with Gasteiger partial charge >= 0.3 is 0 Å². The third-order valence-corrected chi connectivity index (χ3v) is 5.22. The van der Waals surface area contributed by atoms with E-state index in [0.717, 1.165) is 25.0 Å². The molecule has 0 aromatic heterocycles. The molecule has 0 radical (unpaired) electrons. The average molecular weight is 287 g/mol. The molecule has 0 spiro atoms. The van der Waals surface area contributed by atoms with Gasteiger partial charge in [0, 0.05) is 32.2 Å². The van der Waals surface area contributed by atoms with Crippen LogP contribution < -0.4 is 5.32 Å². The van der Waals surface area contributed by atoms with Gasteiger partial charge in [-0.1, -0.05) is 30.3 Å². The van der Waals surface area contributed by atoms with Crippen molar-refractivity contribution in [2.45, 2.75) is 25.3 Å². The molecule has 21 heavy (non-hydrogen) atoms. The van der Waals surface area contributed by atoms with Gasteiger partial charge in [0.25, 0.3) is 0 Å². The van der Waals surface area contributed by atoms with Crippen molar-refractivity contribution in [3.8, 4) is 0 Å². The Morgan fingerprint density at radius 2 is 1.71 bits per heavy atom. The van der Waals surface area contributed by atoms with Crippen molar-refractivity contribution in [3.05, 3.63) is 35.9 Å². The van der Waals surface area contributed by atoms with E-state index in [9.17, 15) is 0 Å². The molecule has 1 aromatic rings. The first kappa shape index (κ1) is 15.0. The van der Waals surface area contributed by atoms with Crippen molar-refractivity contribution in [1.29, 1.82) is 0 Å². The molecule has 2 aliphatic heterocycles. The lowest BCUT2D eigenvalue weighted by molar-refractivity contribution is 0.0847. The third-order valence-electron chi connectivity index (χ3n) is 5.22. The summed E-state index contributed by atoms with van der Waals surface area (Å²) in [4.78, 5) is 5.23. The zero-order valence-electron chi connectivity index (χ0n) is 13.3. The van der Waals surface area contributed by atoms with E-state index in [0.29, 0.717) is 0 Å². The highest BCUT2D eigenvalue weighted by atomic mass is 15.2. The molecule has 0 aliphatic carbocycles. The van der Waals surface area contributed by atoms with Crippen molar-refractivity contribution >= 4 is 0 Å². The van der Waals surface area contributed by atoms with Gasteiger partial charge in [-0.3, -0.25) is 4.90 Å². The maximum atomic E-state index is 3.49. The second kappa shape index (κ2) is 7.39. The first-order valence-corrected chi connectivity index (χ1v) is 8.50. The van der Waals surface area contributed by atoms with Crippen molar-refractivity contribution < 1.29 is 0 Å². The molecule has 2 heterocycles. The lowest BCUT2D eigenvalue weighted by atomic mass is 9.84. The smallest absolute Gasteiger partial charge is 0.0166 e. The van der Waals surface area contributed by atoms with Crippen LogP contribution in [0.3, 0.4) is 0 Å². The average Bonchev–Trinajstić information content (AvgIpc) is 2.55. The van der Waals surface area contributed by atoms with Crippen LogP contribution in [0.2, 0.25) is 0 Å². The minimum Gasteiger partial charge on any atom is -0.314 e. The van der Waals surface area contributed by atoms with Gasteiger partial charge in [0.05, 0.1) is 0 Å². The largest absolute Gasteiger partial charge is 0.314 e. The standard InChI is InChI=1S/C18H29N3/c1-20-11-7-17(8-12-20)18(21-13-9-19-10-14-21)15-16-5-3-2-4-6-16/h2-6,17-19H,7-15H2,1H3. The van der Waals surface area contributed by atoms with E-state index < -0.39 is 0 Å². The number of rotatable bonds is 4. The van der Waals surface area contributed by atoms with Crippen LogP contribution >= 0.6 is 0 Å². The van der Waals surface area contributed by atoms with Crippen LogP contribution in [0.5, 0.6) is 0 Å². The molecule has 3 heteroatoms. The Morgan fingerprint density at radius 1 is 1.05 bits per heavy atom. The van der Waals surface area contributed by atoms with E-state index in [4.69, 9.17) is 0 Å². The molecule has 2 aliphatic rings. The van der Waals surface area contributed by atoms with Crippen LogP contribution in [0.1, 0.15) is 18.4 Å². The number of hydrogen-bond donors (Lipinski definition) is 1. The Bertz CT molecular complexity index is 406. The molecular weight excluding hydrogens is 258 g/mol. The lowest BCUT2D eigenvalue weighted by Gasteiger charge is -2.42. The van der Waals surface area contributed by atoms with Crippen LogP contribution in [0.15, 0.2) is 30.3 Å². The number of nitrogens with zero attached hydrogens (tertiary/aromatic N) is 2. The Kier molecular flexibility index (Phi) is 5.28. The van der Waals surface area contributed by atoms with Crippen molar-refractivity contribution in [2.24, 2.45) is 5.92 Å². The summed E-state index contributed by atoms with van der Waals surface area (Å²) in [5, 5.41) is 3.49. The van der Waals surface area contributed by atoms with Crippen molar-refractivity contribution in [1.82, 2.24) is 15.1 Å². The second-order valence-electron chi connectivity index (χ2n) is 6.68. The number of piperazine rings is 1. The summed E-state index contributed by atoms with van der Waals surface area (Å²) in [6.07, 6.45) is 3.94. The van der Waals surface area contributed by atoms with Crippen LogP contribution in [0.4, 0.5) is 0 Å². The fourth-order valence-electron chi connectivity index (χ4n) is 3.88. The molecule has 2 fully saturated rings. The van der Waals surface area contributed by atoms with Crippen molar-refractivity contribution in [3.63, 3.8) is 0 Å². The first-order valence-electron chi connectivity index (χ1n) is 8.50. The van der Waals surface area contributed by atoms with Crippen LogP contribution in [0.25, 0.3) is 0 Å². The molecule has 0 saturated carbocycles. The molecule has 116 valence electrons. The normalized spacial score (nSPS) is 24.0. The molecule has 1 atom stereocenters. The summed E-state index contributed by atoms with van der Waals surface area (Å²) in [6, 6.07) is 11.8. The zero-order valence-corrected chi connectivity index (χ0v) is 13.3. The van der Waals surface area contributed by atoms with E-state index >= 15 is 0 Å². The van der Waals surface area contributed by atoms with Crippen LogP contribution in [0, 0.1) is 5.92 Å². The molecule has 1 unspecified atom stereocenters. The minimum absolute atomic E-state index is 0.725. The second-order valence-corrected chi connectivity index (χ2v) is 6.68. The first-order chi connectivity index (χ1) is 10.3. The van der Waals surface area contributed by atoms with E-state index in [2.05, 4.69) is 52.5 Å². The van der Waals surface area contributed by atoms with Crippen LogP contribution in [-0.2, 0) is 6.42 Å². The number of hydrogen-bond acceptors (Lipinski definition) is 3. The predicted octanol–water partition coefficient (Wildman–Crippen LogP) is 1.84. The van der Waals surface area contributed by atoms with E-state index in [1.807, 2.05) is 0 Å². The highest BCUT2D eigenvalue weighted by Gasteiger charge is 2.30. The Hall–Kier alpha value is -0.900. The fourth-order valence-corrected chi connectivity index (χ4v) is 3.88. The highest BCUT2D eigenvalue weighted by Crippen LogP contribution is 2.26. The molecule has 2 saturated heterocycles. The van der Waals surface area contributed by atoms with E-state index in [1.54, 1.807) is 0 Å². The number of nitrogens with one attached hydrogen (secondary N) is 1. The van der Waals surface area contributed by atoms with Gasteiger partial charge in [0.15, 0.2) is 0 Å². The molecular formula is C18H29N3. The van der Waals surface area contributed by atoms with E-state index in [-0.39, 0.29) is 0 Å². The van der Waals surface area contributed by atoms with Gasteiger partial charge in [0.1, 0.15) is 0 Å². The minimum atomic E-state index is 0.725. The summed E-state index contributed by atoms with van der Waals surface area (Å²) in [7, 11) is 2.26. The van der Waals surface area contributed by atoms with Gasteiger partial charge in [-0.05, 0) is 50.9 Å². The van der Waals surface area contributed by atoms with Crippen molar-refractivity contribution in [2.75, 3.05) is 46.3 Å². The SMILES string of the molecule is CN1CCC(C(Cc2ccccc2)N2CCNCC2)CC1. The molecule has 3 nitrogen and oxygen atoms in total. The highest BCUT2D eigenvalue weighted by molar-refractivity contribution is 5.16. The number of benzene rings is 1. The van der Waals surface area contributed by atoms with Gasteiger partial charge in [0.2, 0.25) is 0 Å². The quantitative estimate of drug-likeness (QED) is 0.912. The predicted molar refractivity (Wildman–Crippen MR) is 88.6 cm³/mol. The summed E-state index contributed by atoms with van der Waals surface area (Å²) in [5.74, 6) is 0.861. The summed E-state index contributed by atoms with van der Waals surface area (Å²) in [6.45, 7) is 7.26. The Labute approximate surface area is 129 Å². The third kappa shape index (κ3) is 4.06. The fraction of sp³-hybridized carbons (Fsp3) is 0.667. The van der Waals surface area contributed by atoms with Crippen LogP contribution in [-0.4, -0.2) is 62.2 Å². The monoisotopic (exact) mass is 287 g/mol. The summed E-state index contributed by atoms with van der Waals surface area (Å²) < 4.78 is 0. The number of piperidine rings is 1. The van der Waals surface area contributed by atoms with Gasteiger partial charge in [-0.15, -0.1) is 0 Å². The Balaban J connectivity index is 1.70. The molecule has 3 rings (SSSR count). The lowest BCUT2D eigenvalue weighted by Crippen LogP contribution is -2.53. The van der Waals surface area contributed by atoms with Gasteiger partial charge in [-0.2, -0.15) is 0 Å². The maximum absolute atomic E-state index is 3.49. The van der Waals surface area contributed by atoms with E-state index in [1.165, 1.54) is 51.0 Å².